The zero-order valence-electron chi connectivity index (χ0n) is 17.9. The Morgan fingerprint density at radius 3 is 2.53 bits per heavy atom. The van der Waals surface area contributed by atoms with Crippen LogP contribution in [-0.2, 0) is 28.5 Å². The molecule has 0 aliphatic carbocycles. The summed E-state index contributed by atoms with van der Waals surface area (Å²) in [5.74, 6) is -1.73. The molecule has 0 spiro atoms. The molecule has 1 amide bonds. The molecule has 8 heteroatoms. The predicted molar refractivity (Wildman–Crippen MR) is 105 cm³/mol. The Labute approximate surface area is 176 Å². The lowest BCUT2D eigenvalue weighted by atomic mass is 9.93. The van der Waals surface area contributed by atoms with Crippen LogP contribution in [0.5, 0.6) is 0 Å². The molecule has 0 radical (unpaired) electrons. The minimum absolute atomic E-state index is 0.0211. The number of likely N-dealkylation sites (tertiary alicyclic amines) is 1. The molecule has 4 saturated heterocycles. The van der Waals surface area contributed by atoms with Crippen molar-refractivity contribution in [1.82, 2.24) is 9.88 Å². The summed E-state index contributed by atoms with van der Waals surface area (Å²) in [6.45, 7) is 8.05. The van der Waals surface area contributed by atoms with Crippen LogP contribution in [0.1, 0.15) is 58.6 Å². The van der Waals surface area contributed by atoms with E-state index in [0.717, 1.165) is 24.8 Å². The molecule has 0 unspecified atom stereocenters. The summed E-state index contributed by atoms with van der Waals surface area (Å²) in [5, 5.41) is 0. The van der Waals surface area contributed by atoms with Crippen LogP contribution in [0.3, 0.4) is 0 Å². The highest BCUT2D eigenvalue weighted by Crippen LogP contribution is 2.45. The van der Waals surface area contributed by atoms with Crippen molar-refractivity contribution in [3.8, 4) is 0 Å². The fraction of sp³-hybridized carbons (Fsp3) is 0.727. The van der Waals surface area contributed by atoms with Crippen molar-refractivity contribution in [3.05, 3.63) is 30.1 Å². The summed E-state index contributed by atoms with van der Waals surface area (Å²) in [6.07, 6.45) is 3.62. The van der Waals surface area contributed by atoms with E-state index in [4.69, 9.17) is 23.7 Å². The lowest BCUT2D eigenvalue weighted by Gasteiger charge is -2.42. The van der Waals surface area contributed by atoms with Gasteiger partial charge in [0.2, 0.25) is 0 Å². The summed E-state index contributed by atoms with van der Waals surface area (Å²) in [7, 11) is 0. The van der Waals surface area contributed by atoms with E-state index in [1.54, 1.807) is 6.20 Å². The van der Waals surface area contributed by atoms with Crippen molar-refractivity contribution < 1.29 is 28.5 Å². The molecule has 5 rings (SSSR count). The Hall–Kier alpha value is -1.58. The van der Waals surface area contributed by atoms with E-state index in [1.807, 2.05) is 50.9 Å². The van der Waals surface area contributed by atoms with Gasteiger partial charge >= 0.3 is 0 Å². The lowest BCUT2D eigenvalue weighted by molar-refractivity contribution is -0.235. The second-order valence-corrected chi connectivity index (χ2v) is 9.42. The number of pyridine rings is 1. The number of rotatable bonds is 2. The van der Waals surface area contributed by atoms with Gasteiger partial charge in [0.15, 0.2) is 24.0 Å². The number of aromatic nitrogens is 1. The lowest BCUT2D eigenvalue weighted by Crippen LogP contribution is -2.60. The molecule has 6 atom stereocenters. The maximum atomic E-state index is 13.8. The fourth-order valence-corrected chi connectivity index (χ4v) is 5.09. The summed E-state index contributed by atoms with van der Waals surface area (Å²) < 4.78 is 30.5. The van der Waals surface area contributed by atoms with Crippen molar-refractivity contribution in [1.29, 1.82) is 0 Å². The van der Waals surface area contributed by atoms with Gasteiger partial charge in [0.1, 0.15) is 18.3 Å². The number of hydrogen-bond donors (Lipinski definition) is 0. The molecule has 30 heavy (non-hydrogen) atoms. The average molecular weight is 418 g/mol. The van der Waals surface area contributed by atoms with Crippen molar-refractivity contribution >= 4 is 5.91 Å². The minimum atomic E-state index is -0.827. The first-order valence-electron chi connectivity index (χ1n) is 10.8. The van der Waals surface area contributed by atoms with Crippen LogP contribution in [0.2, 0.25) is 0 Å². The van der Waals surface area contributed by atoms with Crippen LogP contribution in [0, 0.1) is 0 Å². The Bertz CT molecular complexity index is 800. The highest BCUT2D eigenvalue weighted by atomic mass is 16.9. The first kappa shape index (κ1) is 20.3. The van der Waals surface area contributed by atoms with Gasteiger partial charge in [0.25, 0.3) is 5.91 Å². The summed E-state index contributed by atoms with van der Waals surface area (Å²) in [5.41, 5.74) is 1.04. The first-order valence-corrected chi connectivity index (χ1v) is 10.8. The highest BCUT2D eigenvalue weighted by molar-refractivity contribution is 5.82. The van der Waals surface area contributed by atoms with E-state index < -0.39 is 42.3 Å². The van der Waals surface area contributed by atoms with Gasteiger partial charge < -0.3 is 28.6 Å². The maximum Gasteiger partial charge on any atom is 0.255 e. The molecule has 1 aromatic rings. The molecule has 164 valence electrons. The van der Waals surface area contributed by atoms with Gasteiger partial charge in [-0.05, 0) is 58.6 Å². The van der Waals surface area contributed by atoms with Gasteiger partial charge in [0, 0.05) is 18.9 Å². The monoisotopic (exact) mass is 418 g/mol. The Morgan fingerprint density at radius 2 is 1.77 bits per heavy atom. The third kappa shape index (κ3) is 3.54. The number of piperidine rings is 1. The van der Waals surface area contributed by atoms with E-state index in [1.165, 1.54) is 0 Å². The molecule has 4 fully saturated rings. The number of hydrogen-bond acceptors (Lipinski definition) is 7. The van der Waals surface area contributed by atoms with E-state index in [-0.39, 0.29) is 11.9 Å². The van der Waals surface area contributed by atoms with Crippen molar-refractivity contribution in [2.45, 2.75) is 95.3 Å². The number of ether oxygens (including phenoxy) is 5. The summed E-state index contributed by atoms with van der Waals surface area (Å²) >= 11 is 0. The quantitative estimate of drug-likeness (QED) is 0.730. The van der Waals surface area contributed by atoms with Crippen molar-refractivity contribution in [2.24, 2.45) is 0 Å². The van der Waals surface area contributed by atoms with Gasteiger partial charge in [0.05, 0.1) is 6.04 Å². The van der Waals surface area contributed by atoms with Crippen LogP contribution in [0.25, 0.3) is 0 Å². The molecule has 8 nitrogen and oxygen atoms in total. The summed E-state index contributed by atoms with van der Waals surface area (Å²) in [4.78, 5) is 20.0. The van der Waals surface area contributed by atoms with Crippen LogP contribution in [0.15, 0.2) is 24.5 Å². The second-order valence-electron chi connectivity index (χ2n) is 9.42. The number of fused-ring (bicyclic) bond motifs is 3. The maximum absolute atomic E-state index is 13.8. The SMILES string of the molecule is CC1(C)O[C@H]2[C@@H](O1)[C@H](C(=O)N1CCCC[C@@H]1c1cccnc1)O[C@H]1OC(C)(C)O[C@@H]12. The molecule has 4 aliphatic rings. The Balaban J connectivity index is 1.44. The molecule has 0 aromatic carbocycles. The van der Waals surface area contributed by atoms with E-state index in [2.05, 4.69) is 4.98 Å². The molecule has 0 N–H and O–H groups in total. The number of amides is 1. The third-order valence-electron chi connectivity index (χ3n) is 6.25. The fourth-order valence-electron chi connectivity index (χ4n) is 5.09. The van der Waals surface area contributed by atoms with Crippen LogP contribution in [0.4, 0.5) is 0 Å². The Kier molecular flexibility index (Phi) is 4.91. The largest absolute Gasteiger partial charge is 0.342 e. The van der Waals surface area contributed by atoms with E-state index in [0.29, 0.717) is 6.54 Å². The van der Waals surface area contributed by atoms with Gasteiger partial charge in [-0.15, -0.1) is 0 Å². The van der Waals surface area contributed by atoms with Crippen molar-refractivity contribution in [2.75, 3.05) is 6.54 Å². The van der Waals surface area contributed by atoms with Crippen LogP contribution >= 0.6 is 0 Å². The smallest absolute Gasteiger partial charge is 0.255 e. The van der Waals surface area contributed by atoms with Crippen LogP contribution in [-0.4, -0.2) is 64.6 Å². The molecule has 1 aromatic heterocycles. The average Bonchev–Trinajstić information content (AvgIpc) is 3.21. The Morgan fingerprint density at radius 1 is 1.03 bits per heavy atom. The van der Waals surface area contributed by atoms with Gasteiger partial charge in [-0.25, -0.2) is 0 Å². The molecular weight excluding hydrogens is 388 g/mol. The second kappa shape index (κ2) is 7.24. The topological polar surface area (TPSA) is 79.4 Å². The van der Waals surface area contributed by atoms with E-state index >= 15 is 0 Å². The zero-order chi connectivity index (χ0) is 21.1. The van der Waals surface area contributed by atoms with Gasteiger partial charge in [-0.3, -0.25) is 9.78 Å². The molecule has 5 heterocycles. The molecular formula is C22H30N2O6. The number of carbonyl (C=O) groups is 1. The van der Waals surface area contributed by atoms with Gasteiger partial charge in [-0.1, -0.05) is 6.07 Å². The van der Waals surface area contributed by atoms with Crippen LogP contribution < -0.4 is 0 Å². The summed E-state index contributed by atoms with van der Waals surface area (Å²) in [6, 6.07) is 3.91. The minimum Gasteiger partial charge on any atom is -0.342 e. The van der Waals surface area contributed by atoms with Gasteiger partial charge in [-0.2, -0.15) is 0 Å². The molecule has 4 aliphatic heterocycles. The molecule has 0 saturated carbocycles. The first-order chi connectivity index (χ1) is 14.2. The predicted octanol–water partition coefficient (Wildman–Crippen LogP) is 2.53. The molecule has 0 bridgehead atoms. The standard InChI is InChI=1S/C22H30N2O6/c1-21(2)27-15-16(28-21)18-20(30-22(3,4)29-18)26-17(15)19(25)24-11-6-5-9-14(24)13-8-7-10-23-12-13/h7-8,10,12,14-18,20H,5-6,9,11H2,1-4H3/t14-,15-,16+,17-,18-,20+/m1/s1. The number of nitrogens with zero attached hydrogens (tertiary/aromatic N) is 2. The normalized spacial score (nSPS) is 39.4. The van der Waals surface area contributed by atoms with E-state index in [9.17, 15) is 4.79 Å². The number of carbonyl (C=O) groups excluding carboxylic acids is 1. The zero-order valence-corrected chi connectivity index (χ0v) is 17.9. The van der Waals surface area contributed by atoms with Crippen molar-refractivity contribution in [3.63, 3.8) is 0 Å². The highest BCUT2D eigenvalue weighted by Gasteiger charge is 2.62. The third-order valence-corrected chi connectivity index (χ3v) is 6.25.